The number of nitrogens with zero attached hydrogens (tertiary/aromatic N) is 4. The van der Waals surface area contributed by atoms with E-state index in [4.69, 9.17) is 9.72 Å². The third kappa shape index (κ3) is 3.20. The molecule has 1 fully saturated rings. The van der Waals surface area contributed by atoms with Gasteiger partial charge in [-0.3, -0.25) is 14.7 Å². The predicted molar refractivity (Wildman–Crippen MR) is 102 cm³/mol. The summed E-state index contributed by atoms with van der Waals surface area (Å²) in [5.74, 6) is -0.192. The summed E-state index contributed by atoms with van der Waals surface area (Å²) in [6.07, 6.45) is 6.60. The zero-order chi connectivity index (χ0) is 18.1. The highest BCUT2D eigenvalue weighted by molar-refractivity contribution is 7.22. The molecule has 1 aliphatic rings. The maximum absolute atomic E-state index is 13.1. The molecule has 0 spiro atoms. The van der Waals surface area contributed by atoms with Crippen LogP contribution < -0.4 is 4.90 Å². The van der Waals surface area contributed by atoms with Gasteiger partial charge in [0, 0.05) is 19.0 Å². The highest BCUT2D eigenvalue weighted by Gasteiger charge is 2.28. The van der Waals surface area contributed by atoms with Gasteiger partial charge in [-0.2, -0.15) is 0 Å². The van der Waals surface area contributed by atoms with Crippen molar-refractivity contribution < 1.29 is 9.53 Å². The van der Waals surface area contributed by atoms with E-state index < -0.39 is 0 Å². The first-order valence-electron chi connectivity index (χ1n) is 8.69. The molecule has 26 heavy (non-hydrogen) atoms. The van der Waals surface area contributed by atoms with Crippen molar-refractivity contribution in [1.82, 2.24) is 15.0 Å². The minimum Gasteiger partial charge on any atom is -0.376 e. The normalized spacial score (nSPS) is 16.9. The van der Waals surface area contributed by atoms with E-state index in [2.05, 4.69) is 29.0 Å². The van der Waals surface area contributed by atoms with Gasteiger partial charge >= 0.3 is 0 Å². The Labute approximate surface area is 155 Å². The second-order valence-electron chi connectivity index (χ2n) is 6.51. The lowest BCUT2D eigenvalue weighted by molar-refractivity contribution is 0.0913. The maximum Gasteiger partial charge on any atom is 0.280 e. The molecule has 7 heteroatoms. The third-order valence-electron chi connectivity index (χ3n) is 4.60. The van der Waals surface area contributed by atoms with Crippen LogP contribution >= 0.6 is 11.3 Å². The SMILES string of the molecule is Cc1ccc(C)c2sc(N(CC3CCCO3)C(=O)c3cnccn3)nc12. The number of aryl methyl sites for hydroxylation is 2. The van der Waals surface area contributed by atoms with Crippen molar-refractivity contribution in [1.29, 1.82) is 0 Å². The summed E-state index contributed by atoms with van der Waals surface area (Å²) in [5.41, 5.74) is 3.54. The Hall–Kier alpha value is -2.38. The quantitative estimate of drug-likeness (QED) is 0.705. The summed E-state index contributed by atoms with van der Waals surface area (Å²) in [4.78, 5) is 27.8. The largest absolute Gasteiger partial charge is 0.376 e. The van der Waals surface area contributed by atoms with Crippen molar-refractivity contribution in [2.24, 2.45) is 0 Å². The number of hydrogen-bond acceptors (Lipinski definition) is 6. The van der Waals surface area contributed by atoms with E-state index in [0.717, 1.165) is 35.2 Å². The highest BCUT2D eigenvalue weighted by atomic mass is 32.1. The van der Waals surface area contributed by atoms with Gasteiger partial charge in [0.05, 0.1) is 29.1 Å². The molecule has 0 saturated carbocycles. The lowest BCUT2D eigenvalue weighted by Gasteiger charge is -2.22. The van der Waals surface area contributed by atoms with Crippen molar-refractivity contribution >= 4 is 32.6 Å². The molecule has 1 saturated heterocycles. The monoisotopic (exact) mass is 368 g/mol. The number of carbonyl (C=O) groups is 1. The number of thiazole rings is 1. The molecular weight excluding hydrogens is 348 g/mol. The number of carbonyl (C=O) groups excluding carboxylic acids is 1. The molecule has 4 rings (SSSR count). The van der Waals surface area contributed by atoms with Gasteiger partial charge in [0.2, 0.25) is 0 Å². The standard InChI is InChI=1S/C19H20N4O2S/c1-12-5-6-13(2)17-16(12)22-19(26-17)23(11-14-4-3-9-25-14)18(24)15-10-20-7-8-21-15/h5-8,10,14H,3-4,9,11H2,1-2H3. The van der Waals surface area contributed by atoms with Crippen LogP contribution in [0.15, 0.2) is 30.7 Å². The molecule has 1 aliphatic heterocycles. The Balaban J connectivity index is 1.76. The van der Waals surface area contributed by atoms with Gasteiger partial charge in [0.25, 0.3) is 5.91 Å². The van der Waals surface area contributed by atoms with Crippen molar-refractivity contribution in [2.45, 2.75) is 32.8 Å². The van der Waals surface area contributed by atoms with E-state index in [0.29, 0.717) is 17.4 Å². The average molecular weight is 368 g/mol. The van der Waals surface area contributed by atoms with Gasteiger partial charge in [-0.15, -0.1) is 0 Å². The molecule has 2 aromatic heterocycles. The summed E-state index contributed by atoms with van der Waals surface area (Å²) in [7, 11) is 0. The molecule has 0 bridgehead atoms. The van der Waals surface area contributed by atoms with Crippen molar-refractivity contribution in [3.8, 4) is 0 Å². The number of benzene rings is 1. The van der Waals surface area contributed by atoms with Crippen LogP contribution in [-0.4, -0.2) is 40.1 Å². The van der Waals surface area contributed by atoms with Gasteiger partial charge in [0.1, 0.15) is 5.69 Å². The number of amides is 1. The topological polar surface area (TPSA) is 68.2 Å². The zero-order valence-electron chi connectivity index (χ0n) is 14.8. The van der Waals surface area contributed by atoms with Crippen molar-refractivity contribution in [2.75, 3.05) is 18.1 Å². The average Bonchev–Trinajstić information content (AvgIpc) is 3.33. The van der Waals surface area contributed by atoms with E-state index in [1.165, 1.54) is 18.0 Å². The van der Waals surface area contributed by atoms with Crippen LogP contribution in [0.5, 0.6) is 0 Å². The van der Waals surface area contributed by atoms with Crippen molar-refractivity contribution in [3.63, 3.8) is 0 Å². The van der Waals surface area contributed by atoms with Crippen LogP contribution in [0.3, 0.4) is 0 Å². The van der Waals surface area contributed by atoms with Crippen molar-refractivity contribution in [3.05, 3.63) is 47.5 Å². The number of ether oxygens (including phenoxy) is 1. The summed E-state index contributed by atoms with van der Waals surface area (Å²) < 4.78 is 6.87. The first-order chi connectivity index (χ1) is 12.6. The Morgan fingerprint density at radius 3 is 2.85 bits per heavy atom. The molecule has 6 nitrogen and oxygen atoms in total. The van der Waals surface area contributed by atoms with E-state index in [1.807, 2.05) is 6.92 Å². The van der Waals surface area contributed by atoms with E-state index in [1.54, 1.807) is 22.4 Å². The molecule has 0 aliphatic carbocycles. The van der Waals surface area contributed by atoms with Gasteiger partial charge in [-0.25, -0.2) is 9.97 Å². The van der Waals surface area contributed by atoms with Crippen LogP contribution in [-0.2, 0) is 4.74 Å². The Morgan fingerprint density at radius 2 is 2.15 bits per heavy atom. The molecule has 3 heterocycles. The lowest BCUT2D eigenvalue weighted by atomic mass is 10.1. The van der Waals surface area contributed by atoms with Crippen LogP contribution in [0.4, 0.5) is 5.13 Å². The fraction of sp³-hybridized carbons (Fsp3) is 0.368. The van der Waals surface area contributed by atoms with Crippen LogP contribution in [0.25, 0.3) is 10.2 Å². The van der Waals surface area contributed by atoms with Gasteiger partial charge in [0.15, 0.2) is 5.13 Å². The number of anilines is 1. The first kappa shape index (κ1) is 17.1. The number of rotatable bonds is 4. The summed E-state index contributed by atoms with van der Waals surface area (Å²) >= 11 is 1.54. The highest BCUT2D eigenvalue weighted by Crippen LogP contribution is 2.34. The Bertz CT molecular complexity index is 896. The Kier molecular flexibility index (Phi) is 4.65. The van der Waals surface area contributed by atoms with Gasteiger partial charge in [-0.05, 0) is 37.8 Å². The number of hydrogen-bond donors (Lipinski definition) is 0. The fourth-order valence-corrected chi connectivity index (χ4v) is 4.27. The minimum absolute atomic E-state index is 0.0322. The summed E-state index contributed by atoms with van der Waals surface area (Å²) in [6, 6.07) is 4.16. The number of fused-ring (bicyclic) bond motifs is 1. The molecular formula is C19H20N4O2S. The molecule has 1 amide bonds. The van der Waals surface area contributed by atoms with Gasteiger partial charge < -0.3 is 4.74 Å². The first-order valence-corrected chi connectivity index (χ1v) is 9.51. The van der Waals surface area contributed by atoms with Crippen LogP contribution in [0, 0.1) is 13.8 Å². The zero-order valence-corrected chi connectivity index (χ0v) is 15.6. The summed E-state index contributed by atoms with van der Waals surface area (Å²) in [6.45, 7) is 5.34. The third-order valence-corrected chi connectivity index (χ3v) is 5.81. The molecule has 1 unspecified atom stereocenters. The molecule has 0 N–H and O–H groups in total. The smallest absolute Gasteiger partial charge is 0.280 e. The van der Waals surface area contributed by atoms with E-state index in [9.17, 15) is 4.79 Å². The summed E-state index contributed by atoms with van der Waals surface area (Å²) in [5, 5.41) is 0.684. The number of aromatic nitrogens is 3. The molecule has 1 atom stereocenters. The molecule has 0 radical (unpaired) electrons. The molecule has 1 aromatic carbocycles. The van der Waals surface area contributed by atoms with E-state index >= 15 is 0 Å². The molecule has 3 aromatic rings. The van der Waals surface area contributed by atoms with Crippen LogP contribution in [0.2, 0.25) is 0 Å². The molecule has 134 valence electrons. The maximum atomic E-state index is 13.1. The van der Waals surface area contributed by atoms with E-state index in [-0.39, 0.29) is 12.0 Å². The van der Waals surface area contributed by atoms with Crippen LogP contribution in [0.1, 0.15) is 34.5 Å². The second-order valence-corrected chi connectivity index (χ2v) is 7.49. The second kappa shape index (κ2) is 7.09. The lowest BCUT2D eigenvalue weighted by Crippen LogP contribution is -2.38. The Morgan fingerprint density at radius 1 is 1.31 bits per heavy atom. The van der Waals surface area contributed by atoms with Gasteiger partial charge in [-0.1, -0.05) is 23.5 Å². The minimum atomic E-state index is -0.192. The fourth-order valence-electron chi connectivity index (χ4n) is 3.15. The predicted octanol–water partition coefficient (Wildman–Crippen LogP) is 3.53.